The van der Waals surface area contributed by atoms with Crippen molar-refractivity contribution in [3.05, 3.63) is 52.1 Å². The molecule has 0 aliphatic rings. The molecule has 2 aromatic rings. The van der Waals surface area contributed by atoms with Crippen molar-refractivity contribution in [2.24, 2.45) is 0 Å². The van der Waals surface area contributed by atoms with Gasteiger partial charge in [-0.05, 0) is 39.0 Å². The van der Waals surface area contributed by atoms with Crippen LogP contribution in [0.4, 0.5) is 0 Å². The summed E-state index contributed by atoms with van der Waals surface area (Å²) in [6, 6.07) is 5.54. The van der Waals surface area contributed by atoms with Crippen LogP contribution in [0.15, 0.2) is 24.4 Å². The number of rotatable bonds is 2. The molecule has 0 radical (unpaired) electrons. The fourth-order valence-corrected chi connectivity index (χ4v) is 1.99. The van der Waals surface area contributed by atoms with Crippen LogP contribution in [0.3, 0.4) is 0 Å². The number of hydrogen-bond donors (Lipinski definition) is 1. The summed E-state index contributed by atoms with van der Waals surface area (Å²) >= 11 is 6.03. The molecule has 2 rings (SSSR count). The Balaban J connectivity index is 2.28. The van der Waals surface area contributed by atoms with Crippen LogP contribution in [0, 0.1) is 20.8 Å². The minimum Gasteiger partial charge on any atom is -0.267 e. The van der Waals surface area contributed by atoms with Gasteiger partial charge in [0.1, 0.15) is 0 Å². The largest absolute Gasteiger partial charge is 0.273 e. The standard InChI is InChI=1S/C13H14ClN3O/c1-8-6-12(14)11(7-15-8)13(18)16-17-9(2)4-5-10(17)3/h4-7H,1-3H3,(H,16,18). The molecular weight excluding hydrogens is 250 g/mol. The Kier molecular flexibility index (Phi) is 3.39. The van der Waals surface area contributed by atoms with E-state index < -0.39 is 0 Å². The van der Waals surface area contributed by atoms with Gasteiger partial charge in [0.25, 0.3) is 5.91 Å². The first kappa shape index (κ1) is 12.6. The number of halogens is 1. The summed E-state index contributed by atoms with van der Waals surface area (Å²) < 4.78 is 1.72. The van der Waals surface area contributed by atoms with E-state index in [0.29, 0.717) is 10.6 Å². The van der Waals surface area contributed by atoms with E-state index >= 15 is 0 Å². The van der Waals surface area contributed by atoms with E-state index in [-0.39, 0.29) is 5.91 Å². The van der Waals surface area contributed by atoms with Crippen molar-refractivity contribution in [2.75, 3.05) is 5.43 Å². The van der Waals surface area contributed by atoms with Gasteiger partial charge in [0.05, 0.1) is 10.6 Å². The first-order valence-corrected chi connectivity index (χ1v) is 5.95. The van der Waals surface area contributed by atoms with E-state index in [2.05, 4.69) is 10.4 Å². The quantitative estimate of drug-likeness (QED) is 0.906. The number of amides is 1. The van der Waals surface area contributed by atoms with Gasteiger partial charge in [-0.2, -0.15) is 0 Å². The Morgan fingerprint density at radius 1 is 1.28 bits per heavy atom. The second kappa shape index (κ2) is 4.82. The Hall–Kier alpha value is -1.81. The second-order valence-electron chi connectivity index (χ2n) is 4.20. The van der Waals surface area contributed by atoms with Gasteiger partial charge in [-0.15, -0.1) is 0 Å². The molecule has 1 N–H and O–H groups in total. The first-order chi connectivity index (χ1) is 8.49. The van der Waals surface area contributed by atoms with E-state index in [1.165, 1.54) is 6.20 Å². The van der Waals surface area contributed by atoms with Crippen molar-refractivity contribution in [3.63, 3.8) is 0 Å². The zero-order chi connectivity index (χ0) is 13.3. The maximum absolute atomic E-state index is 12.1. The van der Waals surface area contributed by atoms with Crippen LogP contribution in [0.25, 0.3) is 0 Å². The van der Waals surface area contributed by atoms with Crippen LogP contribution in [0.5, 0.6) is 0 Å². The zero-order valence-corrected chi connectivity index (χ0v) is 11.2. The maximum Gasteiger partial charge on any atom is 0.273 e. The molecular formula is C13H14ClN3O. The van der Waals surface area contributed by atoms with Gasteiger partial charge in [-0.3, -0.25) is 19.9 Å². The minimum atomic E-state index is -0.269. The smallest absolute Gasteiger partial charge is 0.267 e. The topological polar surface area (TPSA) is 46.9 Å². The van der Waals surface area contributed by atoms with Gasteiger partial charge in [0.2, 0.25) is 0 Å². The minimum absolute atomic E-state index is 0.269. The lowest BCUT2D eigenvalue weighted by atomic mass is 10.2. The number of nitrogens with zero attached hydrogens (tertiary/aromatic N) is 2. The number of aryl methyl sites for hydroxylation is 3. The third kappa shape index (κ3) is 2.38. The molecule has 0 spiro atoms. The van der Waals surface area contributed by atoms with Crippen LogP contribution in [-0.2, 0) is 0 Å². The monoisotopic (exact) mass is 263 g/mol. The van der Waals surface area contributed by atoms with E-state index in [4.69, 9.17) is 11.6 Å². The summed E-state index contributed by atoms with van der Waals surface area (Å²) in [5, 5.41) is 0.405. The zero-order valence-electron chi connectivity index (χ0n) is 10.5. The summed E-state index contributed by atoms with van der Waals surface area (Å²) in [7, 11) is 0. The van der Waals surface area contributed by atoms with Crippen molar-refractivity contribution in [1.82, 2.24) is 9.66 Å². The highest BCUT2D eigenvalue weighted by Gasteiger charge is 2.12. The Morgan fingerprint density at radius 2 is 1.89 bits per heavy atom. The lowest BCUT2D eigenvalue weighted by Crippen LogP contribution is -2.25. The number of aromatic nitrogens is 2. The molecule has 94 valence electrons. The molecule has 0 saturated carbocycles. The Labute approximate surface area is 111 Å². The molecule has 0 aliphatic carbocycles. The summed E-state index contributed by atoms with van der Waals surface area (Å²) in [6.07, 6.45) is 1.49. The van der Waals surface area contributed by atoms with Crippen LogP contribution >= 0.6 is 11.6 Å². The van der Waals surface area contributed by atoms with Gasteiger partial charge < -0.3 is 0 Å². The summed E-state index contributed by atoms with van der Waals surface area (Å²) in [4.78, 5) is 16.2. The highest BCUT2D eigenvalue weighted by Crippen LogP contribution is 2.16. The van der Waals surface area contributed by atoms with E-state index in [0.717, 1.165) is 17.1 Å². The Morgan fingerprint density at radius 3 is 2.44 bits per heavy atom. The van der Waals surface area contributed by atoms with Gasteiger partial charge in [0.15, 0.2) is 0 Å². The van der Waals surface area contributed by atoms with Crippen molar-refractivity contribution >= 4 is 17.5 Å². The lowest BCUT2D eigenvalue weighted by molar-refractivity contribution is 0.101. The molecule has 0 saturated heterocycles. The number of nitrogens with one attached hydrogen (secondary N) is 1. The fourth-order valence-electron chi connectivity index (χ4n) is 1.70. The van der Waals surface area contributed by atoms with Crippen molar-refractivity contribution in [2.45, 2.75) is 20.8 Å². The number of pyridine rings is 1. The molecule has 0 atom stereocenters. The molecule has 18 heavy (non-hydrogen) atoms. The molecule has 0 aromatic carbocycles. The normalized spacial score (nSPS) is 10.4. The molecule has 0 bridgehead atoms. The van der Waals surface area contributed by atoms with Gasteiger partial charge in [-0.1, -0.05) is 11.6 Å². The number of carbonyl (C=O) groups excluding carboxylic acids is 1. The summed E-state index contributed by atoms with van der Waals surface area (Å²) in [6.45, 7) is 5.67. The summed E-state index contributed by atoms with van der Waals surface area (Å²) in [5.41, 5.74) is 5.85. The van der Waals surface area contributed by atoms with Gasteiger partial charge in [-0.25, -0.2) is 0 Å². The van der Waals surface area contributed by atoms with Crippen LogP contribution in [0.1, 0.15) is 27.4 Å². The van der Waals surface area contributed by atoms with Crippen LogP contribution < -0.4 is 5.43 Å². The third-order valence-electron chi connectivity index (χ3n) is 2.72. The highest BCUT2D eigenvalue weighted by atomic mass is 35.5. The number of carbonyl (C=O) groups is 1. The molecule has 0 unspecified atom stereocenters. The molecule has 0 fully saturated rings. The fraction of sp³-hybridized carbons (Fsp3) is 0.231. The first-order valence-electron chi connectivity index (χ1n) is 5.57. The average molecular weight is 264 g/mol. The lowest BCUT2D eigenvalue weighted by Gasteiger charge is -2.11. The molecule has 5 heteroatoms. The molecule has 2 heterocycles. The number of hydrogen-bond acceptors (Lipinski definition) is 2. The highest BCUT2D eigenvalue weighted by molar-refractivity contribution is 6.34. The average Bonchev–Trinajstić information content (AvgIpc) is 2.60. The van der Waals surface area contributed by atoms with Gasteiger partial charge >= 0.3 is 0 Å². The third-order valence-corrected chi connectivity index (χ3v) is 3.03. The molecule has 4 nitrogen and oxygen atoms in total. The van der Waals surface area contributed by atoms with E-state index in [1.807, 2.05) is 32.9 Å². The maximum atomic E-state index is 12.1. The van der Waals surface area contributed by atoms with Gasteiger partial charge in [0, 0.05) is 23.3 Å². The second-order valence-corrected chi connectivity index (χ2v) is 4.61. The molecule has 1 amide bonds. The molecule has 2 aromatic heterocycles. The summed E-state index contributed by atoms with van der Waals surface area (Å²) in [5.74, 6) is -0.269. The van der Waals surface area contributed by atoms with Crippen LogP contribution in [-0.4, -0.2) is 15.6 Å². The van der Waals surface area contributed by atoms with Crippen molar-refractivity contribution in [3.8, 4) is 0 Å². The van der Waals surface area contributed by atoms with Crippen molar-refractivity contribution in [1.29, 1.82) is 0 Å². The van der Waals surface area contributed by atoms with Crippen molar-refractivity contribution < 1.29 is 4.79 Å². The van der Waals surface area contributed by atoms with E-state index in [1.54, 1.807) is 10.7 Å². The Bertz CT molecular complexity index is 585. The SMILES string of the molecule is Cc1cc(Cl)c(C(=O)Nn2c(C)ccc2C)cn1. The van der Waals surface area contributed by atoms with Crippen LogP contribution in [0.2, 0.25) is 5.02 Å². The molecule has 0 aliphatic heterocycles. The predicted octanol–water partition coefficient (Wildman–Crippen LogP) is 2.85. The van der Waals surface area contributed by atoms with E-state index in [9.17, 15) is 4.79 Å². The predicted molar refractivity (Wildman–Crippen MR) is 71.6 cm³/mol.